The van der Waals surface area contributed by atoms with Gasteiger partial charge in [0.15, 0.2) is 0 Å². The lowest BCUT2D eigenvalue weighted by Crippen LogP contribution is -2.31. The van der Waals surface area contributed by atoms with Crippen molar-refractivity contribution in [3.8, 4) is 0 Å². The van der Waals surface area contributed by atoms with Crippen LogP contribution in [0.1, 0.15) is 83.6 Å². The first-order valence-electron chi connectivity index (χ1n) is 9.38. The minimum Gasteiger partial charge on any atom is -0.0836 e. The smallest absolute Gasteiger partial charge is 0.0836 e. The van der Waals surface area contributed by atoms with Gasteiger partial charge in [-0.3, -0.25) is 0 Å². The van der Waals surface area contributed by atoms with Crippen LogP contribution < -0.4 is 0 Å². The fourth-order valence-corrected chi connectivity index (χ4v) is 3.63. The molecule has 0 radical (unpaired) electrons. The Balaban J connectivity index is 2.85. The molecular weight excluding hydrogens is 286 g/mol. The van der Waals surface area contributed by atoms with Gasteiger partial charge < -0.3 is 0 Å². The van der Waals surface area contributed by atoms with Crippen molar-refractivity contribution >= 4 is 21.3 Å². The predicted octanol–water partition coefficient (Wildman–Crippen LogP) is 4.45. The largest absolute Gasteiger partial charge is 0.114 e. The minimum atomic E-state index is 0.136. The molecule has 24 heavy (non-hydrogen) atoms. The van der Waals surface area contributed by atoms with Gasteiger partial charge >= 0.3 is 0 Å². The first-order valence-corrected chi connectivity index (χ1v) is 9.38. The summed E-state index contributed by atoms with van der Waals surface area (Å²) in [6.45, 7) is 16.4. The Hall–Kier alpha value is -1.17. The summed E-state index contributed by atoms with van der Waals surface area (Å²) in [7, 11) is 4.69. The number of rotatable bonds is 3. The van der Waals surface area contributed by atoms with E-state index < -0.39 is 0 Å². The van der Waals surface area contributed by atoms with Gasteiger partial charge in [0.2, 0.25) is 0 Å². The van der Waals surface area contributed by atoms with Crippen molar-refractivity contribution in [2.45, 2.75) is 77.4 Å². The van der Waals surface area contributed by atoms with Crippen LogP contribution >= 0.6 is 0 Å². The molecule has 0 heterocycles. The molecular formula is C22H34B2. The van der Waals surface area contributed by atoms with Crippen LogP contribution in [0.15, 0.2) is 30.4 Å². The molecule has 0 fully saturated rings. The second kappa shape index (κ2) is 6.28. The third kappa shape index (κ3) is 4.08. The Labute approximate surface area is 151 Å². The maximum absolute atomic E-state index is 2.46. The standard InChI is InChI=1S/C22H34B2/c1-20(2,3)19-17(21(4,5)23)13-16(14-18(19)22(6,7)24)15-11-9-8-10-12-15/h9,11-14H,8,10,23-24H2,1-7H3. The molecule has 1 aliphatic carbocycles. The van der Waals surface area contributed by atoms with E-state index in [4.69, 9.17) is 0 Å². The van der Waals surface area contributed by atoms with Gasteiger partial charge in [-0.1, -0.05) is 78.8 Å². The summed E-state index contributed by atoms with van der Waals surface area (Å²) in [5.74, 6) is 0. The van der Waals surface area contributed by atoms with E-state index in [0.717, 1.165) is 6.42 Å². The van der Waals surface area contributed by atoms with Crippen LogP contribution in [0.5, 0.6) is 0 Å². The number of benzene rings is 1. The highest BCUT2D eigenvalue weighted by Crippen LogP contribution is 2.41. The molecule has 1 aromatic carbocycles. The maximum atomic E-state index is 2.46. The molecule has 1 aromatic rings. The lowest BCUT2D eigenvalue weighted by Gasteiger charge is -2.37. The monoisotopic (exact) mass is 320 g/mol. The second-order valence-electron chi connectivity index (χ2n) is 10.3. The molecule has 0 N–H and O–H groups in total. The van der Waals surface area contributed by atoms with E-state index in [1.807, 2.05) is 0 Å². The van der Waals surface area contributed by atoms with Crippen molar-refractivity contribution in [3.63, 3.8) is 0 Å². The van der Waals surface area contributed by atoms with Crippen molar-refractivity contribution in [2.75, 3.05) is 0 Å². The normalized spacial score (nSPS) is 16.2. The highest BCUT2D eigenvalue weighted by Gasteiger charge is 2.32. The molecule has 0 aliphatic heterocycles. The molecule has 2 rings (SSSR count). The third-order valence-electron chi connectivity index (χ3n) is 4.83. The Morgan fingerprint density at radius 2 is 1.29 bits per heavy atom. The van der Waals surface area contributed by atoms with Crippen LogP contribution in [0.3, 0.4) is 0 Å². The molecule has 1 aliphatic rings. The second-order valence-corrected chi connectivity index (χ2v) is 10.3. The Morgan fingerprint density at radius 1 is 0.792 bits per heavy atom. The van der Waals surface area contributed by atoms with Gasteiger partial charge in [-0.2, -0.15) is 0 Å². The number of allylic oxidation sites excluding steroid dienone is 4. The lowest BCUT2D eigenvalue weighted by molar-refractivity contribution is 0.550. The average molecular weight is 320 g/mol. The summed E-state index contributed by atoms with van der Waals surface area (Å²) < 4.78 is 0. The lowest BCUT2D eigenvalue weighted by atomic mass is 9.57. The predicted molar refractivity (Wildman–Crippen MR) is 115 cm³/mol. The fourth-order valence-electron chi connectivity index (χ4n) is 3.63. The van der Waals surface area contributed by atoms with Crippen LogP contribution in [-0.2, 0) is 16.0 Å². The summed E-state index contributed by atoms with van der Waals surface area (Å²) >= 11 is 0. The van der Waals surface area contributed by atoms with E-state index >= 15 is 0 Å². The van der Waals surface area contributed by atoms with E-state index in [1.165, 1.54) is 34.2 Å². The quantitative estimate of drug-likeness (QED) is 0.722. The minimum absolute atomic E-state index is 0.136. The first kappa shape index (κ1) is 19.2. The van der Waals surface area contributed by atoms with E-state index in [9.17, 15) is 0 Å². The van der Waals surface area contributed by atoms with Crippen LogP contribution in [0, 0.1) is 0 Å². The van der Waals surface area contributed by atoms with Gasteiger partial charge in [-0.05, 0) is 56.7 Å². The summed E-state index contributed by atoms with van der Waals surface area (Å²) in [5.41, 5.74) is 7.44. The van der Waals surface area contributed by atoms with Gasteiger partial charge in [0.05, 0.1) is 0 Å². The number of hydrogen-bond donors (Lipinski definition) is 0. The maximum Gasteiger partial charge on any atom is 0.114 e. The molecule has 0 bridgehead atoms. The molecule has 0 aromatic heterocycles. The molecule has 2 heteroatoms. The van der Waals surface area contributed by atoms with Gasteiger partial charge in [0, 0.05) is 0 Å². The van der Waals surface area contributed by atoms with Gasteiger partial charge in [0.1, 0.15) is 15.7 Å². The van der Waals surface area contributed by atoms with Gasteiger partial charge in [-0.25, -0.2) is 0 Å². The Bertz CT molecular complexity index is 636. The Kier molecular flexibility index (Phi) is 5.01. The zero-order valence-corrected chi connectivity index (χ0v) is 17.3. The van der Waals surface area contributed by atoms with Crippen molar-refractivity contribution in [3.05, 3.63) is 52.6 Å². The molecule has 0 saturated carbocycles. The molecule has 0 saturated heterocycles. The molecule has 0 unspecified atom stereocenters. The van der Waals surface area contributed by atoms with E-state index in [1.54, 1.807) is 0 Å². The molecule has 128 valence electrons. The third-order valence-corrected chi connectivity index (χ3v) is 4.83. The van der Waals surface area contributed by atoms with Crippen molar-refractivity contribution in [1.29, 1.82) is 0 Å². The van der Waals surface area contributed by atoms with Crippen molar-refractivity contribution in [1.82, 2.24) is 0 Å². The number of hydrogen-bond acceptors (Lipinski definition) is 0. The molecule has 0 nitrogen and oxygen atoms in total. The summed E-state index contributed by atoms with van der Waals surface area (Å²) in [4.78, 5) is 0. The van der Waals surface area contributed by atoms with Crippen LogP contribution in [0.25, 0.3) is 5.57 Å². The van der Waals surface area contributed by atoms with Crippen LogP contribution in [0.2, 0.25) is 0 Å². The molecule has 0 amide bonds. The van der Waals surface area contributed by atoms with E-state index in [-0.39, 0.29) is 16.0 Å². The van der Waals surface area contributed by atoms with Crippen molar-refractivity contribution in [2.24, 2.45) is 0 Å². The van der Waals surface area contributed by atoms with E-state index in [2.05, 4.69) is 94.5 Å². The molecule has 0 spiro atoms. The van der Waals surface area contributed by atoms with E-state index in [0.29, 0.717) is 0 Å². The summed E-state index contributed by atoms with van der Waals surface area (Å²) in [5, 5.41) is 0.273. The SMILES string of the molecule is BC(C)(C)c1cc(C2=CCCC=C2)cc(C(B)(C)C)c1C(C)(C)C. The van der Waals surface area contributed by atoms with Crippen LogP contribution in [0.4, 0.5) is 0 Å². The summed E-state index contributed by atoms with van der Waals surface area (Å²) in [6, 6.07) is 4.91. The topological polar surface area (TPSA) is 0 Å². The highest BCUT2D eigenvalue weighted by molar-refractivity contribution is 6.17. The molecule has 0 atom stereocenters. The zero-order chi connectivity index (χ0) is 18.3. The Morgan fingerprint density at radius 3 is 1.62 bits per heavy atom. The van der Waals surface area contributed by atoms with Gasteiger partial charge in [0.25, 0.3) is 0 Å². The highest BCUT2D eigenvalue weighted by atomic mass is 14.3. The van der Waals surface area contributed by atoms with Gasteiger partial charge in [-0.15, -0.1) is 0 Å². The average Bonchev–Trinajstić information content (AvgIpc) is 2.44. The fraction of sp³-hybridized carbons (Fsp3) is 0.545. The van der Waals surface area contributed by atoms with Crippen LogP contribution in [-0.4, -0.2) is 15.7 Å². The summed E-state index contributed by atoms with van der Waals surface area (Å²) in [6.07, 6.45) is 9.32. The van der Waals surface area contributed by atoms with Crippen molar-refractivity contribution < 1.29 is 0 Å². The first-order chi connectivity index (χ1) is 10.8. The zero-order valence-electron chi connectivity index (χ0n) is 17.3.